The summed E-state index contributed by atoms with van der Waals surface area (Å²) in [4.78, 5) is 42.5. The van der Waals surface area contributed by atoms with Gasteiger partial charge in [0.2, 0.25) is 11.8 Å². The number of aryl methyl sites for hydroxylation is 1. The van der Waals surface area contributed by atoms with Gasteiger partial charge in [0.1, 0.15) is 12.1 Å². The van der Waals surface area contributed by atoms with Crippen LogP contribution in [-0.4, -0.2) is 44.0 Å². The molecule has 3 aromatic rings. The van der Waals surface area contributed by atoms with Gasteiger partial charge in [-0.3, -0.25) is 19.6 Å². The van der Waals surface area contributed by atoms with Crippen molar-refractivity contribution in [2.75, 3.05) is 17.2 Å². The van der Waals surface area contributed by atoms with Crippen LogP contribution in [-0.2, 0) is 14.3 Å². The maximum Gasteiger partial charge on any atom is 0.228 e. The van der Waals surface area contributed by atoms with E-state index in [2.05, 4.69) is 30.6 Å². The van der Waals surface area contributed by atoms with Crippen LogP contribution in [0.3, 0.4) is 0 Å². The maximum atomic E-state index is 12.9. The number of hydrogen-bond acceptors (Lipinski definition) is 7. The van der Waals surface area contributed by atoms with Gasteiger partial charge in [-0.2, -0.15) is 0 Å². The molecule has 1 aliphatic carbocycles. The first-order valence-electron chi connectivity index (χ1n) is 12.3. The number of nitrogens with one attached hydrogen (secondary N) is 2. The van der Waals surface area contributed by atoms with Crippen molar-refractivity contribution in [3.8, 4) is 22.4 Å². The monoisotopic (exact) mass is 486 g/mol. The van der Waals surface area contributed by atoms with Crippen molar-refractivity contribution in [1.29, 1.82) is 0 Å². The fourth-order valence-electron chi connectivity index (χ4n) is 4.48. The Kier molecular flexibility index (Phi) is 6.49. The van der Waals surface area contributed by atoms with Crippen LogP contribution in [0.1, 0.15) is 45.2 Å². The summed E-state index contributed by atoms with van der Waals surface area (Å²) in [5.41, 5.74) is 4.32. The maximum absolute atomic E-state index is 12.9. The molecule has 1 atom stereocenters. The Labute approximate surface area is 210 Å². The minimum absolute atomic E-state index is 0.00333. The van der Waals surface area contributed by atoms with Gasteiger partial charge in [-0.25, -0.2) is 9.97 Å². The van der Waals surface area contributed by atoms with Crippen molar-refractivity contribution in [2.24, 2.45) is 11.8 Å². The summed E-state index contributed by atoms with van der Waals surface area (Å²) in [6.07, 6.45) is 9.83. The summed E-state index contributed by atoms with van der Waals surface area (Å²) in [6, 6.07) is 5.64. The van der Waals surface area contributed by atoms with Gasteiger partial charge in [0.15, 0.2) is 0 Å². The van der Waals surface area contributed by atoms with E-state index in [1.54, 1.807) is 24.7 Å². The highest BCUT2D eigenvalue weighted by Gasteiger charge is 2.33. The van der Waals surface area contributed by atoms with E-state index in [-0.39, 0.29) is 29.3 Å². The highest BCUT2D eigenvalue weighted by molar-refractivity contribution is 5.94. The molecule has 0 radical (unpaired) electrons. The predicted octanol–water partition coefficient (Wildman–Crippen LogP) is 4.40. The Hall–Kier alpha value is -3.72. The van der Waals surface area contributed by atoms with Crippen LogP contribution in [0.2, 0.25) is 0 Å². The second-order valence-corrected chi connectivity index (χ2v) is 10.2. The molecular weight excluding hydrogens is 456 g/mol. The van der Waals surface area contributed by atoms with Crippen molar-refractivity contribution in [1.82, 2.24) is 19.9 Å². The van der Waals surface area contributed by atoms with Crippen LogP contribution in [0.15, 0.2) is 43.1 Å². The minimum Gasteiger partial charge on any atom is -0.376 e. The first-order valence-corrected chi connectivity index (χ1v) is 12.3. The molecule has 0 spiro atoms. The molecule has 1 saturated carbocycles. The molecule has 2 amide bonds. The fourth-order valence-corrected chi connectivity index (χ4v) is 4.48. The quantitative estimate of drug-likeness (QED) is 0.530. The zero-order valence-electron chi connectivity index (χ0n) is 20.7. The second kappa shape index (κ2) is 9.73. The Balaban J connectivity index is 1.36. The lowest BCUT2D eigenvalue weighted by Crippen LogP contribution is -2.39. The van der Waals surface area contributed by atoms with E-state index in [1.165, 1.54) is 6.33 Å². The molecule has 2 aliphatic rings. The lowest BCUT2D eigenvalue weighted by molar-refractivity contribution is -0.130. The molecule has 2 N–H and O–H groups in total. The number of carbonyl (C=O) groups is 2. The Morgan fingerprint density at radius 1 is 0.917 bits per heavy atom. The number of rotatable bonds is 6. The minimum atomic E-state index is -0.301. The lowest BCUT2D eigenvalue weighted by atomic mass is 9.88. The van der Waals surface area contributed by atoms with E-state index in [0.717, 1.165) is 35.2 Å². The molecule has 186 valence electrons. The van der Waals surface area contributed by atoms with E-state index >= 15 is 0 Å². The number of pyridine rings is 2. The summed E-state index contributed by atoms with van der Waals surface area (Å²) in [5.74, 6) is 0.444. The van der Waals surface area contributed by atoms with E-state index in [1.807, 2.05) is 32.9 Å². The van der Waals surface area contributed by atoms with Crippen LogP contribution in [0, 0.1) is 18.8 Å². The summed E-state index contributed by atoms with van der Waals surface area (Å²) in [5, 5.41) is 5.89. The molecule has 1 aliphatic heterocycles. The first-order chi connectivity index (χ1) is 17.3. The van der Waals surface area contributed by atoms with Crippen molar-refractivity contribution < 1.29 is 14.3 Å². The van der Waals surface area contributed by atoms with E-state index in [9.17, 15) is 9.59 Å². The molecule has 4 heterocycles. The highest BCUT2D eigenvalue weighted by atomic mass is 16.5. The molecule has 0 bridgehead atoms. The van der Waals surface area contributed by atoms with Gasteiger partial charge in [-0.05, 0) is 58.6 Å². The van der Waals surface area contributed by atoms with E-state index in [0.29, 0.717) is 36.6 Å². The van der Waals surface area contributed by atoms with Gasteiger partial charge in [-0.15, -0.1) is 0 Å². The van der Waals surface area contributed by atoms with E-state index < -0.39 is 0 Å². The normalized spacial score (nSPS) is 18.9. The summed E-state index contributed by atoms with van der Waals surface area (Å²) >= 11 is 0. The molecule has 1 unspecified atom stereocenters. The Morgan fingerprint density at radius 3 is 2.47 bits per heavy atom. The first kappa shape index (κ1) is 24.0. The van der Waals surface area contributed by atoms with Crippen molar-refractivity contribution >= 4 is 23.3 Å². The standard InChI is InChI=1S/C27H30N6O3/c1-16-22(9-21(14-29-16)32-26(35)18-6-7-36-27(2,3)11-18)19-8-20(13-28-12-19)23-10-24(31-15-30-23)33-25(34)17-4-5-17/h8-10,12-15,17-18H,4-7,11H2,1-3H3,(H,32,35)(H,30,31,33,34). The third-order valence-corrected chi connectivity index (χ3v) is 6.63. The zero-order valence-corrected chi connectivity index (χ0v) is 20.7. The SMILES string of the molecule is Cc1ncc(NC(=O)C2CCOC(C)(C)C2)cc1-c1cncc(-c2cc(NC(=O)C3CC3)ncn2)c1. The van der Waals surface area contributed by atoms with E-state index in [4.69, 9.17) is 4.74 Å². The van der Waals surface area contributed by atoms with Crippen molar-refractivity contribution in [3.05, 3.63) is 48.8 Å². The summed E-state index contributed by atoms with van der Waals surface area (Å²) < 4.78 is 5.75. The van der Waals surface area contributed by atoms with Crippen LogP contribution >= 0.6 is 0 Å². The average Bonchev–Trinajstić information content (AvgIpc) is 3.71. The second-order valence-electron chi connectivity index (χ2n) is 10.2. The molecule has 9 heteroatoms. The van der Waals surface area contributed by atoms with Gasteiger partial charge in [0.05, 0.1) is 23.2 Å². The number of hydrogen-bond donors (Lipinski definition) is 2. The molecule has 2 fully saturated rings. The molecule has 5 rings (SSSR count). The van der Waals surface area contributed by atoms with Crippen LogP contribution in [0.25, 0.3) is 22.4 Å². The Morgan fingerprint density at radius 2 is 1.69 bits per heavy atom. The molecule has 36 heavy (non-hydrogen) atoms. The number of nitrogens with zero attached hydrogens (tertiary/aromatic N) is 4. The molecule has 3 aromatic heterocycles. The van der Waals surface area contributed by atoms with Gasteiger partial charge in [0, 0.05) is 59.3 Å². The average molecular weight is 487 g/mol. The summed E-state index contributed by atoms with van der Waals surface area (Å²) in [7, 11) is 0. The van der Waals surface area contributed by atoms with Gasteiger partial charge < -0.3 is 15.4 Å². The predicted molar refractivity (Wildman–Crippen MR) is 136 cm³/mol. The number of anilines is 2. The molecule has 0 aromatic carbocycles. The van der Waals surface area contributed by atoms with Crippen molar-refractivity contribution in [2.45, 2.75) is 52.1 Å². The van der Waals surface area contributed by atoms with Crippen molar-refractivity contribution in [3.63, 3.8) is 0 Å². The Bertz CT molecular complexity index is 1300. The zero-order chi connectivity index (χ0) is 25.3. The molecule has 9 nitrogen and oxygen atoms in total. The van der Waals surface area contributed by atoms with Crippen LogP contribution in [0.5, 0.6) is 0 Å². The lowest BCUT2D eigenvalue weighted by Gasteiger charge is -2.34. The number of carbonyl (C=O) groups excluding carboxylic acids is 2. The highest BCUT2D eigenvalue weighted by Crippen LogP contribution is 2.32. The topological polar surface area (TPSA) is 119 Å². The summed E-state index contributed by atoms with van der Waals surface area (Å²) in [6.45, 7) is 6.53. The van der Waals surface area contributed by atoms with Gasteiger partial charge >= 0.3 is 0 Å². The molecule has 1 saturated heterocycles. The molecular formula is C27H30N6O3. The van der Waals surface area contributed by atoms with Gasteiger partial charge in [0.25, 0.3) is 0 Å². The third-order valence-electron chi connectivity index (χ3n) is 6.63. The third kappa shape index (κ3) is 5.57. The van der Waals surface area contributed by atoms with Crippen LogP contribution in [0.4, 0.5) is 11.5 Å². The number of aromatic nitrogens is 4. The fraction of sp³-hybridized carbons (Fsp3) is 0.407. The number of ether oxygens (including phenoxy) is 1. The van der Waals surface area contributed by atoms with Gasteiger partial charge in [-0.1, -0.05) is 0 Å². The smallest absolute Gasteiger partial charge is 0.228 e. The number of amides is 2. The van der Waals surface area contributed by atoms with Crippen LogP contribution < -0.4 is 10.6 Å². The largest absolute Gasteiger partial charge is 0.376 e.